The summed E-state index contributed by atoms with van der Waals surface area (Å²) in [6.45, 7) is 0. The first kappa shape index (κ1) is 12.2. The molecule has 1 N–H and O–H groups in total. The molecule has 3 saturated carbocycles. The lowest BCUT2D eigenvalue weighted by Crippen LogP contribution is -2.29. The van der Waals surface area contributed by atoms with Crippen molar-refractivity contribution in [3.63, 3.8) is 0 Å². The Hall–Kier alpha value is -0.860. The number of carbonyl (C=O) groups is 1. The standard InChI is InChI=1S/C15H24N2O/c18-15(12-4-2-1-3-5-12)17-16-10-14-9-11-6-7-13(14)8-11/h10-14H,1-9H2,(H,17,18)/b16-10-/t11-,13+,14-/m0/s1. The summed E-state index contributed by atoms with van der Waals surface area (Å²) in [6, 6.07) is 0. The molecule has 3 aliphatic rings. The molecule has 0 aromatic carbocycles. The van der Waals surface area contributed by atoms with Gasteiger partial charge in [-0.25, -0.2) is 5.43 Å². The first-order valence-corrected chi connectivity index (χ1v) is 7.66. The molecule has 100 valence electrons. The average molecular weight is 248 g/mol. The zero-order valence-electron chi connectivity index (χ0n) is 11.1. The Labute approximate surface area is 109 Å². The van der Waals surface area contributed by atoms with E-state index in [0.29, 0.717) is 5.92 Å². The van der Waals surface area contributed by atoms with E-state index in [9.17, 15) is 4.79 Å². The largest absolute Gasteiger partial charge is 0.273 e. The van der Waals surface area contributed by atoms with Gasteiger partial charge >= 0.3 is 0 Å². The maximum Gasteiger partial charge on any atom is 0.243 e. The molecule has 0 aliphatic heterocycles. The maximum atomic E-state index is 11.9. The number of carbonyl (C=O) groups excluding carboxylic acids is 1. The van der Waals surface area contributed by atoms with Crippen LogP contribution in [0.2, 0.25) is 0 Å². The van der Waals surface area contributed by atoms with Gasteiger partial charge in [-0.2, -0.15) is 5.10 Å². The SMILES string of the molecule is O=C(N/N=C\[C@@H]1C[C@H]2CC[C@@H]1C2)C1CCCCC1. The van der Waals surface area contributed by atoms with Crippen molar-refractivity contribution in [1.29, 1.82) is 0 Å². The molecule has 0 unspecified atom stereocenters. The summed E-state index contributed by atoms with van der Waals surface area (Å²) in [4.78, 5) is 11.9. The predicted molar refractivity (Wildman–Crippen MR) is 72.1 cm³/mol. The zero-order chi connectivity index (χ0) is 12.4. The Morgan fingerprint density at radius 3 is 2.56 bits per heavy atom. The van der Waals surface area contributed by atoms with Crippen molar-refractivity contribution in [3.8, 4) is 0 Å². The number of hydrazone groups is 1. The van der Waals surface area contributed by atoms with E-state index in [4.69, 9.17) is 0 Å². The number of hydrogen-bond acceptors (Lipinski definition) is 2. The Balaban J connectivity index is 1.44. The number of nitrogens with one attached hydrogen (secondary N) is 1. The fraction of sp³-hybridized carbons (Fsp3) is 0.867. The highest BCUT2D eigenvalue weighted by molar-refractivity contribution is 5.79. The molecule has 2 bridgehead atoms. The van der Waals surface area contributed by atoms with Crippen LogP contribution in [0.1, 0.15) is 57.8 Å². The molecular formula is C15H24N2O. The molecule has 3 heteroatoms. The van der Waals surface area contributed by atoms with Crippen molar-refractivity contribution in [2.24, 2.45) is 28.8 Å². The van der Waals surface area contributed by atoms with Gasteiger partial charge in [-0.1, -0.05) is 25.7 Å². The van der Waals surface area contributed by atoms with Crippen LogP contribution in [0.5, 0.6) is 0 Å². The van der Waals surface area contributed by atoms with E-state index in [1.165, 1.54) is 44.9 Å². The van der Waals surface area contributed by atoms with Crippen LogP contribution < -0.4 is 5.43 Å². The zero-order valence-corrected chi connectivity index (χ0v) is 11.1. The molecule has 3 nitrogen and oxygen atoms in total. The van der Waals surface area contributed by atoms with Crippen molar-refractivity contribution < 1.29 is 4.79 Å². The van der Waals surface area contributed by atoms with E-state index < -0.39 is 0 Å². The average Bonchev–Trinajstić information content (AvgIpc) is 3.02. The first-order chi connectivity index (χ1) is 8.83. The van der Waals surface area contributed by atoms with Crippen LogP contribution in [0, 0.1) is 23.7 Å². The Morgan fingerprint density at radius 1 is 1.06 bits per heavy atom. The molecule has 0 spiro atoms. The van der Waals surface area contributed by atoms with Crippen LogP contribution >= 0.6 is 0 Å². The molecule has 3 aliphatic carbocycles. The van der Waals surface area contributed by atoms with E-state index in [0.717, 1.165) is 24.7 Å². The van der Waals surface area contributed by atoms with Gasteiger partial charge in [0.05, 0.1) is 0 Å². The minimum Gasteiger partial charge on any atom is -0.273 e. The number of nitrogens with zero attached hydrogens (tertiary/aromatic N) is 1. The molecule has 0 heterocycles. The van der Waals surface area contributed by atoms with E-state index in [2.05, 4.69) is 10.5 Å². The normalized spacial score (nSPS) is 36.3. The van der Waals surface area contributed by atoms with E-state index in [-0.39, 0.29) is 11.8 Å². The van der Waals surface area contributed by atoms with Gasteiger partial charge in [0, 0.05) is 12.1 Å². The van der Waals surface area contributed by atoms with Crippen LogP contribution in [0.15, 0.2) is 5.10 Å². The third-order valence-corrected chi connectivity index (χ3v) is 5.21. The van der Waals surface area contributed by atoms with Crippen molar-refractivity contribution in [2.75, 3.05) is 0 Å². The highest BCUT2D eigenvalue weighted by atomic mass is 16.2. The van der Waals surface area contributed by atoms with Gasteiger partial charge in [-0.3, -0.25) is 4.79 Å². The first-order valence-electron chi connectivity index (χ1n) is 7.66. The maximum absolute atomic E-state index is 11.9. The van der Waals surface area contributed by atoms with Gasteiger partial charge in [-0.05, 0) is 49.9 Å². The van der Waals surface area contributed by atoms with Gasteiger partial charge < -0.3 is 0 Å². The molecule has 0 aromatic rings. The molecule has 3 rings (SSSR count). The lowest BCUT2D eigenvalue weighted by Gasteiger charge is -2.20. The molecule has 0 aromatic heterocycles. The minimum absolute atomic E-state index is 0.147. The van der Waals surface area contributed by atoms with Gasteiger partial charge in [0.25, 0.3) is 0 Å². The monoisotopic (exact) mass is 248 g/mol. The number of hydrogen-bond donors (Lipinski definition) is 1. The quantitative estimate of drug-likeness (QED) is 0.605. The molecule has 0 radical (unpaired) electrons. The molecule has 18 heavy (non-hydrogen) atoms. The summed E-state index contributed by atoms with van der Waals surface area (Å²) in [6.07, 6.45) is 13.3. The fourth-order valence-electron chi connectivity index (χ4n) is 4.13. The molecule has 1 amide bonds. The van der Waals surface area contributed by atoms with E-state index >= 15 is 0 Å². The molecule has 3 fully saturated rings. The van der Waals surface area contributed by atoms with Gasteiger partial charge in [0.1, 0.15) is 0 Å². The minimum atomic E-state index is 0.147. The van der Waals surface area contributed by atoms with Crippen molar-refractivity contribution in [2.45, 2.75) is 57.8 Å². The third kappa shape index (κ3) is 2.60. The van der Waals surface area contributed by atoms with Gasteiger partial charge in [0.15, 0.2) is 0 Å². The lowest BCUT2D eigenvalue weighted by atomic mass is 9.89. The molecule has 0 saturated heterocycles. The third-order valence-electron chi connectivity index (χ3n) is 5.21. The van der Waals surface area contributed by atoms with Crippen molar-refractivity contribution >= 4 is 12.1 Å². The Kier molecular flexibility index (Phi) is 3.67. The van der Waals surface area contributed by atoms with E-state index in [1.54, 1.807) is 0 Å². The van der Waals surface area contributed by atoms with Crippen LogP contribution in [-0.2, 0) is 4.79 Å². The van der Waals surface area contributed by atoms with Crippen molar-refractivity contribution in [1.82, 2.24) is 5.43 Å². The molecular weight excluding hydrogens is 224 g/mol. The Bertz CT molecular complexity index is 333. The lowest BCUT2D eigenvalue weighted by molar-refractivity contribution is -0.125. The van der Waals surface area contributed by atoms with E-state index in [1.807, 2.05) is 6.21 Å². The summed E-state index contributed by atoms with van der Waals surface area (Å²) in [5, 5.41) is 4.22. The summed E-state index contributed by atoms with van der Waals surface area (Å²) in [7, 11) is 0. The second-order valence-corrected chi connectivity index (χ2v) is 6.43. The number of rotatable bonds is 3. The number of amides is 1. The molecule has 3 atom stereocenters. The van der Waals surface area contributed by atoms with Gasteiger partial charge in [-0.15, -0.1) is 0 Å². The second-order valence-electron chi connectivity index (χ2n) is 6.43. The topological polar surface area (TPSA) is 41.5 Å². The highest BCUT2D eigenvalue weighted by Gasteiger charge is 2.38. The van der Waals surface area contributed by atoms with Crippen molar-refractivity contribution in [3.05, 3.63) is 0 Å². The van der Waals surface area contributed by atoms with Crippen LogP contribution in [0.4, 0.5) is 0 Å². The van der Waals surface area contributed by atoms with Crippen LogP contribution in [0.3, 0.4) is 0 Å². The van der Waals surface area contributed by atoms with Crippen LogP contribution in [-0.4, -0.2) is 12.1 Å². The van der Waals surface area contributed by atoms with Crippen LogP contribution in [0.25, 0.3) is 0 Å². The summed E-state index contributed by atoms with van der Waals surface area (Å²) in [5.41, 5.74) is 2.77. The Morgan fingerprint density at radius 2 is 1.89 bits per heavy atom. The predicted octanol–water partition coefficient (Wildman–Crippen LogP) is 3.10. The fourth-order valence-corrected chi connectivity index (χ4v) is 4.13. The number of fused-ring (bicyclic) bond motifs is 2. The summed E-state index contributed by atoms with van der Waals surface area (Å²) < 4.78 is 0. The van der Waals surface area contributed by atoms with Gasteiger partial charge in [0.2, 0.25) is 5.91 Å². The smallest absolute Gasteiger partial charge is 0.243 e. The summed E-state index contributed by atoms with van der Waals surface area (Å²) >= 11 is 0. The second kappa shape index (κ2) is 5.41. The highest BCUT2D eigenvalue weighted by Crippen LogP contribution is 2.47. The summed E-state index contributed by atoms with van der Waals surface area (Å²) in [5.74, 6) is 2.80.